The van der Waals surface area contributed by atoms with E-state index in [4.69, 9.17) is 5.11 Å². The number of aromatic nitrogens is 1. The maximum Gasteiger partial charge on any atom is 0.418 e. The lowest BCUT2D eigenvalue weighted by Gasteiger charge is -2.09. The van der Waals surface area contributed by atoms with Crippen molar-refractivity contribution in [2.24, 2.45) is 0 Å². The molecule has 1 aromatic heterocycles. The van der Waals surface area contributed by atoms with Gasteiger partial charge in [-0.15, -0.1) is 0 Å². The molecule has 0 saturated carbocycles. The van der Waals surface area contributed by atoms with Crippen LogP contribution in [0.3, 0.4) is 0 Å². The van der Waals surface area contributed by atoms with Crippen molar-refractivity contribution in [3.63, 3.8) is 0 Å². The van der Waals surface area contributed by atoms with Crippen LogP contribution < -0.4 is 0 Å². The van der Waals surface area contributed by atoms with E-state index in [9.17, 15) is 22.8 Å². The Morgan fingerprint density at radius 1 is 1.38 bits per heavy atom. The Morgan fingerprint density at radius 3 is 2.50 bits per heavy atom. The Bertz CT molecular complexity index is 428. The number of carbonyl (C=O) groups is 2. The normalized spacial score (nSPS) is 11.2. The predicted octanol–water partition coefficient (Wildman–Crippen LogP) is 1.30. The summed E-state index contributed by atoms with van der Waals surface area (Å²) in [5, 5.41) is 8.28. The zero-order valence-corrected chi connectivity index (χ0v) is 7.78. The number of ketones is 1. The molecule has 0 saturated heterocycles. The summed E-state index contributed by atoms with van der Waals surface area (Å²) in [6, 6.07) is 1.81. The molecule has 0 spiro atoms. The molecule has 7 heteroatoms. The lowest BCUT2D eigenvalue weighted by atomic mass is 10.1. The zero-order valence-electron chi connectivity index (χ0n) is 7.78. The van der Waals surface area contributed by atoms with Crippen LogP contribution in [-0.2, 0) is 22.2 Å². The molecule has 1 heterocycles. The van der Waals surface area contributed by atoms with Gasteiger partial charge in [0.2, 0.25) is 5.78 Å². The molecule has 0 aliphatic carbocycles. The maximum atomic E-state index is 12.4. The molecule has 0 atom stereocenters. The largest absolute Gasteiger partial charge is 0.475 e. The summed E-state index contributed by atoms with van der Waals surface area (Å²) in [7, 11) is 0. The molecule has 1 aromatic rings. The van der Waals surface area contributed by atoms with Crippen molar-refractivity contribution in [2.45, 2.75) is 12.6 Å². The van der Waals surface area contributed by atoms with E-state index in [0.717, 1.165) is 18.3 Å². The second-order valence-electron chi connectivity index (χ2n) is 2.90. The van der Waals surface area contributed by atoms with Crippen LogP contribution in [0, 0.1) is 0 Å². The minimum Gasteiger partial charge on any atom is -0.475 e. The molecule has 0 amide bonds. The average molecular weight is 233 g/mol. The first-order valence-electron chi connectivity index (χ1n) is 4.09. The highest BCUT2D eigenvalue weighted by atomic mass is 19.4. The fourth-order valence-corrected chi connectivity index (χ4v) is 1.06. The van der Waals surface area contributed by atoms with Gasteiger partial charge in [0.25, 0.3) is 0 Å². The van der Waals surface area contributed by atoms with Crippen LogP contribution in [-0.4, -0.2) is 21.8 Å². The number of halogens is 3. The highest BCUT2D eigenvalue weighted by Gasteiger charge is 2.34. The summed E-state index contributed by atoms with van der Waals surface area (Å²) in [6.07, 6.45) is -4.45. The molecule has 16 heavy (non-hydrogen) atoms. The van der Waals surface area contributed by atoms with Crippen LogP contribution in [0.25, 0.3) is 0 Å². The van der Waals surface area contributed by atoms with E-state index >= 15 is 0 Å². The van der Waals surface area contributed by atoms with E-state index in [0.29, 0.717) is 0 Å². The lowest BCUT2D eigenvalue weighted by Crippen LogP contribution is -2.19. The molecule has 86 valence electrons. The molecule has 0 aliphatic heterocycles. The van der Waals surface area contributed by atoms with Crippen LogP contribution in [0.15, 0.2) is 18.3 Å². The van der Waals surface area contributed by atoms with Crippen LogP contribution >= 0.6 is 0 Å². The van der Waals surface area contributed by atoms with Gasteiger partial charge in [0, 0.05) is 6.20 Å². The van der Waals surface area contributed by atoms with Crippen LogP contribution in [0.5, 0.6) is 0 Å². The highest BCUT2D eigenvalue weighted by molar-refractivity contribution is 6.33. The Hall–Kier alpha value is -1.92. The van der Waals surface area contributed by atoms with E-state index in [1.54, 1.807) is 0 Å². The van der Waals surface area contributed by atoms with Gasteiger partial charge < -0.3 is 5.11 Å². The van der Waals surface area contributed by atoms with Gasteiger partial charge in [-0.1, -0.05) is 0 Å². The third-order valence-electron chi connectivity index (χ3n) is 1.76. The molecule has 0 fully saturated rings. The molecule has 1 N–H and O–H groups in total. The number of carbonyl (C=O) groups excluding carboxylic acids is 1. The first kappa shape index (κ1) is 12.2. The van der Waals surface area contributed by atoms with Gasteiger partial charge in [0.1, 0.15) is 0 Å². The van der Waals surface area contributed by atoms with E-state index in [1.807, 2.05) is 0 Å². The summed E-state index contributed by atoms with van der Waals surface area (Å²) in [5.74, 6) is -3.11. The second kappa shape index (κ2) is 4.30. The molecule has 0 radical (unpaired) electrons. The smallest absolute Gasteiger partial charge is 0.418 e. The SMILES string of the molecule is O=C(O)C(=O)Cc1ncccc1C(F)(F)F. The number of rotatable bonds is 3. The molecule has 1 rings (SSSR count). The van der Waals surface area contributed by atoms with Crippen molar-refractivity contribution in [1.29, 1.82) is 0 Å². The summed E-state index contributed by atoms with van der Waals surface area (Å²) in [4.78, 5) is 24.4. The Morgan fingerprint density at radius 2 is 2.00 bits per heavy atom. The van der Waals surface area contributed by atoms with Gasteiger partial charge in [0.15, 0.2) is 0 Å². The third kappa shape index (κ3) is 2.78. The topological polar surface area (TPSA) is 67.3 Å². The van der Waals surface area contributed by atoms with Crippen molar-refractivity contribution < 1.29 is 27.9 Å². The fourth-order valence-electron chi connectivity index (χ4n) is 1.06. The van der Waals surface area contributed by atoms with E-state index < -0.39 is 35.6 Å². The molecule has 0 unspecified atom stereocenters. The summed E-state index contributed by atoms with van der Waals surface area (Å²) >= 11 is 0. The summed E-state index contributed by atoms with van der Waals surface area (Å²) in [6.45, 7) is 0. The third-order valence-corrected chi connectivity index (χ3v) is 1.76. The van der Waals surface area contributed by atoms with Gasteiger partial charge in [-0.05, 0) is 12.1 Å². The summed E-state index contributed by atoms with van der Waals surface area (Å²) < 4.78 is 37.2. The fraction of sp³-hybridized carbons (Fsp3) is 0.222. The minimum absolute atomic E-state index is 0.581. The number of pyridine rings is 1. The van der Waals surface area contributed by atoms with E-state index in [-0.39, 0.29) is 0 Å². The molecular weight excluding hydrogens is 227 g/mol. The number of carboxylic acid groups (broad SMARTS) is 1. The number of nitrogens with zero attached hydrogens (tertiary/aromatic N) is 1. The van der Waals surface area contributed by atoms with Gasteiger partial charge in [-0.25, -0.2) is 4.79 Å². The molecule has 4 nitrogen and oxygen atoms in total. The van der Waals surface area contributed by atoms with Gasteiger partial charge in [-0.3, -0.25) is 9.78 Å². The Balaban J connectivity index is 3.05. The number of hydrogen-bond donors (Lipinski definition) is 1. The Labute approximate surface area is 87.7 Å². The Kier molecular flexibility index (Phi) is 3.26. The number of aliphatic carboxylic acids is 1. The van der Waals surface area contributed by atoms with Crippen molar-refractivity contribution in [3.8, 4) is 0 Å². The number of hydrogen-bond acceptors (Lipinski definition) is 3. The maximum absolute atomic E-state index is 12.4. The second-order valence-corrected chi connectivity index (χ2v) is 2.90. The minimum atomic E-state index is -4.65. The first-order chi connectivity index (χ1) is 7.32. The number of alkyl halides is 3. The van der Waals surface area contributed by atoms with Gasteiger partial charge >= 0.3 is 12.1 Å². The molecule has 0 aromatic carbocycles. The highest BCUT2D eigenvalue weighted by Crippen LogP contribution is 2.31. The summed E-state index contributed by atoms with van der Waals surface area (Å²) in [5.41, 5.74) is -1.67. The standard InChI is InChI=1S/C9H6F3NO3/c10-9(11,12)5-2-1-3-13-6(5)4-7(14)8(15)16/h1-3H,4H2,(H,15,16). The van der Waals surface area contributed by atoms with Gasteiger partial charge in [-0.2, -0.15) is 13.2 Å². The van der Waals surface area contributed by atoms with Crippen molar-refractivity contribution in [3.05, 3.63) is 29.6 Å². The predicted molar refractivity (Wildman–Crippen MR) is 45.6 cm³/mol. The van der Waals surface area contributed by atoms with Crippen molar-refractivity contribution in [1.82, 2.24) is 4.98 Å². The number of Topliss-reactive ketones (excluding diaryl/α,β-unsaturated/α-hetero) is 1. The van der Waals surface area contributed by atoms with Crippen LogP contribution in [0.2, 0.25) is 0 Å². The molecule has 0 bridgehead atoms. The molecular formula is C9H6F3NO3. The number of carboxylic acids is 1. The molecule has 0 aliphatic rings. The van der Waals surface area contributed by atoms with Crippen molar-refractivity contribution in [2.75, 3.05) is 0 Å². The van der Waals surface area contributed by atoms with Crippen LogP contribution in [0.1, 0.15) is 11.3 Å². The quantitative estimate of drug-likeness (QED) is 0.799. The van der Waals surface area contributed by atoms with Crippen molar-refractivity contribution >= 4 is 11.8 Å². The first-order valence-corrected chi connectivity index (χ1v) is 4.09. The van der Waals surface area contributed by atoms with E-state index in [1.165, 1.54) is 0 Å². The van der Waals surface area contributed by atoms with Crippen LogP contribution in [0.4, 0.5) is 13.2 Å². The average Bonchev–Trinajstić information content (AvgIpc) is 2.16. The van der Waals surface area contributed by atoms with Gasteiger partial charge in [0.05, 0.1) is 17.7 Å². The monoisotopic (exact) mass is 233 g/mol. The lowest BCUT2D eigenvalue weighted by molar-refractivity contribution is -0.149. The zero-order chi connectivity index (χ0) is 12.3. The van der Waals surface area contributed by atoms with E-state index in [2.05, 4.69) is 4.98 Å².